The molecule has 2 N–H and O–H groups in total. The van der Waals surface area contributed by atoms with Crippen LogP contribution < -0.4 is 5.32 Å². The lowest BCUT2D eigenvalue weighted by Gasteiger charge is -2.36. The molecule has 1 heterocycles. The molecule has 1 unspecified atom stereocenters. The van der Waals surface area contributed by atoms with Crippen LogP contribution in [-0.2, 0) is 12.8 Å². The number of amides is 1. The number of nitrogens with one attached hydrogen (secondary N) is 1. The van der Waals surface area contributed by atoms with Gasteiger partial charge in [0.15, 0.2) is 0 Å². The van der Waals surface area contributed by atoms with Crippen LogP contribution in [0.3, 0.4) is 0 Å². The largest absolute Gasteiger partial charge is 0.388 e. The fourth-order valence-corrected chi connectivity index (χ4v) is 4.28. The van der Waals surface area contributed by atoms with Crippen molar-refractivity contribution in [2.75, 3.05) is 6.54 Å². The topological polar surface area (TPSA) is 49.3 Å². The second-order valence-electron chi connectivity index (χ2n) is 6.34. The summed E-state index contributed by atoms with van der Waals surface area (Å²) in [5.74, 6) is 0.765. The molecule has 1 aromatic heterocycles. The van der Waals surface area contributed by atoms with Crippen LogP contribution in [0, 0.1) is 5.92 Å². The molecular weight excluding hydrogens is 270 g/mol. The Bertz CT molecular complexity index is 505. The van der Waals surface area contributed by atoms with Gasteiger partial charge in [0.2, 0.25) is 0 Å². The summed E-state index contributed by atoms with van der Waals surface area (Å²) in [4.78, 5) is 14.4. The smallest absolute Gasteiger partial charge is 0.261 e. The van der Waals surface area contributed by atoms with Gasteiger partial charge >= 0.3 is 0 Å². The highest BCUT2D eigenvalue weighted by atomic mass is 32.1. The van der Waals surface area contributed by atoms with Crippen molar-refractivity contribution >= 4 is 17.2 Å². The van der Waals surface area contributed by atoms with E-state index < -0.39 is 5.60 Å². The lowest BCUT2D eigenvalue weighted by Crippen LogP contribution is -2.47. The molecule has 1 atom stereocenters. The Balaban J connectivity index is 1.62. The Morgan fingerprint density at radius 2 is 2.35 bits per heavy atom. The van der Waals surface area contributed by atoms with Gasteiger partial charge in [-0.05, 0) is 56.1 Å². The molecule has 1 saturated carbocycles. The zero-order valence-corrected chi connectivity index (χ0v) is 12.9. The average Bonchev–Trinajstić information content (AvgIpc) is 2.85. The third-order valence-corrected chi connectivity index (χ3v) is 6.08. The molecule has 1 amide bonds. The lowest BCUT2D eigenvalue weighted by atomic mass is 9.80. The zero-order chi connectivity index (χ0) is 14.2. The van der Waals surface area contributed by atoms with Gasteiger partial charge in [-0.15, -0.1) is 11.3 Å². The Morgan fingerprint density at radius 3 is 3.00 bits per heavy atom. The molecule has 110 valence electrons. The predicted octanol–water partition coefficient (Wildman–Crippen LogP) is 2.91. The molecule has 3 rings (SSSR count). The predicted molar refractivity (Wildman–Crippen MR) is 81.3 cm³/mol. The second kappa shape index (κ2) is 5.49. The van der Waals surface area contributed by atoms with Crippen molar-refractivity contribution in [2.24, 2.45) is 5.92 Å². The number of carbonyl (C=O) groups is 1. The zero-order valence-electron chi connectivity index (χ0n) is 12.1. The molecule has 4 heteroatoms. The molecule has 3 nitrogen and oxygen atoms in total. The molecule has 0 radical (unpaired) electrons. The van der Waals surface area contributed by atoms with Crippen molar-refractivity contribution in [1.82, 2.24) is 5.32 Å². The number of hydrogen-bond donors (Lipinski definition) is 2. The minimum atomic E-state index is -0.639. The summed E-state index contributed by atoms with van der Waals surface area (Å²) in [7, 11) is 0. The minimum Gasteiger partial charge on any atom is -0.388 e. The maximum atomic E-state index is 12.2. The number of aliphatic hydroxyl groups is 1. The first-order chi connectivity index (χ1) is 9.59. The van der Waals surface area contributed by atoms with E-state index in [9.17, 15) is 9.90 Å². The van der Waals surface area contributed by atoms with Crippen molar-refractivity contribution in [3.8, 4) is 0 Å². The molecule has 1 aromatic rings. The van der Waals surface area contributed by atoms with Crippen molar-refractivity contribution < 1.29 is 9.90 Å². The van der Waals surface area contributed by atoms with Crippen LogP contribution in [0.4, 0.5) is 0 Å². The van der Waals surface area contributed by atoms with E-state index in [1.54, 1.807) is 11.3 Å². The Hall–Kier alpha value is -0.870. The fourth-order valence-electron chi connectivity index (χ4n) is 3.15. The number of carbonyl (C=O) groups excluding carboxylic acids is 1. The van der Waals surface area contributed by atoms with Crippen LogP contribution >= 0.6 is 11.3 Å². The summed E-state index contributed by atoms with van der Waals surface area (Å²) in [6.07, 6.45) is 7.42. The van der Waals surface area contributed by atoms with Gasteiger partial charge in [0.25, 0.3) is 5.91 Å². The van der Waals surface area contributed by atoms with Crippen molar-refractivity contribution in [3.63, 3.8) is 0 Å². The fraction of sp³-hybridized carbons (Fsp3) is 0.688. The van der Waals surface area contributed by atoms with E-state index in [-0.39, 0.29) is 5.91 Å². The number of hydrogen-bond acceptors (Lipinski definition) is 3. The van der Waals surface area contributed by atoms with Crippen LogP contribution in [0.5, 0.6) is 0 Å². The van der Waals surface area contributed by atoms with Crippen molar-refractivity contribution in [3.05, 3.63) is 21.4 Å². The SMILES string of the molecule is CCC1CCc2sc(C(=O)NCC3(O)CCC3)cc2C1. The molecule has 0 saturated heterocycles. The summed E-state index contributed by atoms with van der Waals surface area (Å²) in [6, 6.07) is 2.07. The standard InChI is InChI=1S/C16H23NO2S/c1-2-11-4-5-13-12(8-11)9-14(20-13)15(18)17-10-16(19)6-3-7-16/h9,11,19H,2-8,10H2,1H3,(H,17,18). The van der Waals surface area contributed by atoms with E-state index in [0.717, 1.165) is 42.9 Å². The highest BCUT2D eigenvalue weighted by Crippen LogP contribution is 2.34. The average molecular weight is 293 g/mol. The first kappa shape index (κ1) is 14.1. The van der Waals surface area contributed by atoms with Crippen LogP contribution in [0.1, 0.15) is 59.1 Å². The maximum absolute atomic E-state index is 12.2. The molecule has 0 aromatic carbocycles. The molecule has 0 aliphatic heterocycles. The summed E-state index contributed by atoms with van der Waals surface area (Å²) < 4.78 is 0. The highest BCUT2D eigenvalue weighted by molar-refractivity contribution is 7.14. The maximum Gasteiger partial charge on any atom is 0.261 e. The van der Waals surface area contributed by atoms with Crippen molar-refractivity contribution in [1.29, 1.82) is 0 Å². The van der Waals surface area contributed by atoms with E-state index in [2.05, 4.69) is 18.3 Å². The monoisotopic (exact) mass is 293 g/mol. The Kier molecular flexibility index (Phi) is 3.87. The van der Waals surface area contributed by atoms with Gasteiger partial charge in [0.1, 0.15) is 0 Å². The van der Waals surface area contributed by atoms with Gasteiger partial charge in [0.05, 0.1) is 10.5 Å². The molecule has 20 heavy (non-hydrogen) atoms. The van der Waals surface area contributed by atoms with Crippen molar-refractivity contribution in [2.45, 2.75) is 57.5 Å². The molecule has 0 bridgehead atoms. The summed E-state index contributed by atoms with van der Waals surface area (Å²) in [6.45, 7) is 2.64. The first-order valence-electron chi connectivity index (χ1n) is 7.72. The Morgan fingerprint density at radius 1 is 1.55 bits per heavy atom. The highest BCUT2D eigenvalue weighted by Gasteiger charge is 2.34. The van der Waals surface area contributed by atoms with E-state index in [1.807, 2.05) is 0 Å². The van der Waals surface area contributed by atoms with Gasteiger partial charge in [-0.3, -0.25) is 4.79 Å². The van der Waals surface area contributed by atoms with E-state index in [0.29, 0.717) is 6.54 Å². The second-order valence-corrected chi connectivity index (χ2v) is 7.47. The third-order valence-electron chi connectivity index (χ3n) is 4.85. The lowest BCUT2D eigenvalue weighted by molar-refractivity contribution is -0.0300. The molecule has 1 fully saturated rings. The van der Waals surface area contributed by atoms with E-state index >= 15 is 0 Å². The van der Waals surface area contributed by atoms with Crippen LogP contribution in [0.2, 0.25) is 0 Å². The summed E-state index contributed by atoms with van der Waals surface area (Å²) >= 11 is 1.64. The Labute approximate surface area is 124 Å². The molecule has 2 aliphatic carbocycles. The van der Waals surface area contributed by atoms with Gasteiger partial charge in [0, 0.05) is 11.4 Å². The van der Waals surface area contributed by atoms with Crippen LogP contribution in [0.15, 0.2) is 6.07 Å². The van der Waals surface area contributed by atoms with Gasteiger partial charge in [-0.2, -0.15) is 0 Å². The number of fused-ring (bicyclic) bond motifs is 1. The van der Waals surface area contributed by atoms with Gasteiger partial charge in [-0.25, -0.2) is 0 Å². The molecular formula is C16H23NO2S. The molecule has 2 aliphatic rings. The summed E-state index contributed by atoms with van der Waals surface area (Å²) in [5.41, 5.74) is 0.737. The molecule has 0 spiro atoms. The van der Waals surface area contributed by atoms with Crippen LogP contribution in [-0.4, -0.2) is 23.2 Å². The third kappa shape index (κ3) is 2.77. The van der Waals surface area contributed by atoms with Crippen LogP contribution in [0.25, 0.3) is 0 Å². The quantitative estimate of drug-likeness (QED) is 0.897. The number of thiophene rings is 1. The normalized spacial score (nSPS) is 23.8. The minimum absolute atomic E-state index is 0.0160. The first-order valence-corrected chi connectivity index (χ1v) is 8.53. The summed E-state index contributed by atoms with van der Waals surface area (Å²) in [5, 5.41) is 12.9. The van der Waals surface area contributed by atoms with E-state index in [1.165, 1.54) is 23.3 Å². The van der Waals surface area contributed by atoms with E-state index in [4.69, 9.17) is 0 Å². The number of aryl methyl sites for hydroxylation is 1. The van der Waals surface area contributed by atoms with Gasteiger partial charge in [-0.1, -0.05) is 13.3 Å². The van der Waals surface area contributed by atoms with Gasteiger partial charge < -0.3 is 10.4 Å². The number of rotatable bonds is 4.